The molecule has 0 bridgehead atoms. The standard InChI is InChI=1S/C19H27N5O/c1-4-11-24(12-5-2)19(25)17-14-18(22-15-21-17)23(3)13-8-16-6-9-20-10-7-16/h6-7,9-10,14-15H,4-5,8,11-13H2,1-3H3. The van der Waals surface area contributed by atoms with Crippen molar-refractivity contribution in [2.75, 3.05) is 31.6 Å². The molecule has 2 aromatic rings. The average Bonchev–Trinajstić information content (AvgIpc) is 2.66. The third-order valence-electron chi connectivity index (χ3n) is 4.02. The molecule has 1 amide bonds. The fourth-order valence-corrected chi connectivity index (χ4v) is 2.65. The van der Waals surface area contributed by atoms with Crippen LogP contribution in [0.2, 0.25) is 0 Å². The van der Waals surface area contributed by atoms with Gasteiger partial charge in [0.15, 0.2) is 0 Å². The SMILES string of the molecule is CCCN(CCC)C(=O)c1cc(N(C)CCc2ccncc2)ncn1. The summed E-state index contributed by atoms with van der Waals surface area (Å²) in [4.78, 5) is 29.1. The number of carbonyl (C=O) groups is 1. The molecule has 0 aliphatic rings. The smallest absolute Gasteiger partial charge is 0.272 e. The number of hydrogen-bond donors (Lipinski definition) is 0. The van der Waals surface area contributed by atoms with E-state index in [9.17, 15) is 4.79 Å². The van der Waals surface area contributed by atoms with Crippen LogP contribution < -0.4 is 4.90 Å². The zero-order chi connectivity index (χ0) is 18.1. The van der Waals surface area contributed by atoms with Crippen molar-refractivity contribution < 1.29 is 4.79 Å². The monoisotopic (exact) mass is 341 g/mol. The number of rotatable bonds is 9. The molecule has 6 nitrogen and oxygen atoms in total. The molecule has 0 unspecified atom stereocenters. The van der Waals surface area contributed by atoms with Crippen LogP contribution in [0.15, 0.2) is 36.9 Å². The molecular formula is C19H27N5O. The van der Waals surface area contributed by atoms with Crippen LogP contribution in [0.1, 0.15) is 42.7 Å². The fourth-order valence-electron chi connectivity index (χ4n) is 2.65. The van der Waals surface area contributed by atoms with Gasteiger partial charge in [-0.2, -0.15) is 0 Å². The van der Waals surface area contributed by atoms with Gasteiger partial charge in [-0.25, -0.2) is 9.97 Å². The van der Waals surface area contributed by atoms with Crippen molar-refractivity contribution in [3.05, 3.63) is 48.2 Å². The van der Waals surface area contributed by atoms with Gasteiger partial charge in [-0.1, -0.05) is 13.8 Å². The summed E-state index contributed by atoms with van der Waals surface area (Å²) in [6, 6.07) is 5.81. The van der Waals surface area contributed by atoms with E-state index in [-0.39, 0.29) is 5.91 Å². The normalized spacial score (nSPS) is 10.5. The Morgan fingerprint density at radius 3 is 2.36 bits per heavy atom. The second-order valence-electron chi connectivity index (χ2n) is 6.08. The van der Waals surface area contributed by atoms with Crippen LogP contribution in [-0.4, -0.2) is 52.4 Å². The molecule has 0 saturated heterocycles. The van der Waals surface area contributed by atoms with E-state index in [0.717, 1.165) is 44.7 Å². The summed E-state index contributed by atoms with van der Waals surface area (Å²) >= 11 is 0. The van der Waals surface area contributed by atoms with E-state index in [0.29, 0.717) is 5.69 Å². The Morgan fingerprint density at radius 2 is 1.72 bits per heavy atom. The summed E-state index contributed by atoms with van der Waals surface area (Å²) in [5, 5.41) is 0. The summed E-state index contributed by atoms with van der Waals surface area (Å²) in [5.74, 6) is 0.746. The van der Waals surface area contributed by atoms with Gasteiger partial charge in [0.1, 0.15) is 17.8 Å². The van der Waals surface area contributed by atoms with Gasteiger partial charge in [0.2, 0.25) is 0 Å². The highest BCUT2D eigenvalue weighted by atomic mass is 16.2. The quantitative estimate of drug-likeness (QED) is 0.702. The lowest BCUT2D eigenvalue weighted by Crippen LogP contribution is -2.33. The predicted octanol–water partition coefficient (Wildman–Crippen LogP) is 2.81. The zero-order valence-corrected chi connectivity index (χ0v) is 15.4. The Balaban J connectivity index is 2.05. The molecule has 0 aliphatic heterocycles. The first kappa shape index (κ1) is 18.8. The molecular weight excluding hydrogens is 314 g/mol. The minimum Gasteiger partial charge on any atom is -0.359 e. The highest BCUT2D eigenvalue weighted by Gasteiger charge is 2.17. The molecule has 2 heterocycles. The minimum atomic E-state index is -0.0186. The molecule has 134 valence electrons. The van der Waals surface area contributed by atoms with Gasteiger partial charge in [-0.15, -0.1) is 0 Å². The summed E-state index contributed by atoms with van der Waals surface area (Å²) < 4.78 is 0. The zero-order valence-electron chi connectivity index (χ0n) is 15.4. The van der Waals surface area contributed by atoms with Crippen molar-refractivity contribution in [3.63, 3.8) is 0 Å². The van der Waals surface area contributed by atoms with E-state index < -0.39 is 0 Å². The van der Waals surface area contributed by atoms with E-state index in [1.54, 1.807) is 18.5 Å². The summed E-state index contributed by atoms with van der Waals surface area (Å²) in [6.07, 6.45) is 7.84. The van der Waals surface area contributed by atoms with Gasteiger partial charge in [0.05, 0.1) is 0 Å². The second kappa shape index (κ2) is 9.71. The molecule has 0 aliphatic carbocycles. The number of hydrogen-bond acceptors (Lipinski definition) is 5. The van der Waals surface area contributed by atoms with E-state index in [1.165, 1.54) is 11.9 Å². The first-order valence-electron chi connectivity index (χ1n) is 8.87. The van der Waals surface area contributed by atoms with E-state index in [4.69, 9.17) is 0 Å². The number of pyridine rings is 1. The highest BCUT2D eigenvalue weighted by molar-refractivity contribution is 5.92. The van der Waals surface area contributed by atoms with Crippen LogP contribution >= 0.6 is 0 Å². The summed E-state index contributed by atoms with van der Waals surface area (Å²) in [5.41, 5.74) is 1.69. The van der Waals surface area contributed by atoms with E-state index >= 15 is 0 Å². The molecule has 0 N–H and O–H groups in total. The number of aromatic nitrogens is 3. The first-order chi connectivity index (χ1) is 12.2. The number of amides is 1. The van der Waals surface area contributed by atoms with E-state index in [2.05, 4.69) is 28.8 Å². The van der Waals surface area contributed by atoms with Crippen molar-refractivity contribution in [2.45, 2.75) is 33.1 Å². The maximum Gasteiger partial charge on any atom is 0.272 e. The van der Waals surface area contributed by atoms with Crippen LogP contribution in [0.4, 0.5) is 5.82 Å². The van der Waals surface area contributed by atoms with Gasteiger partial charge in [0, 0.05) is 45.1 Å². The van der Waals surface area contributed by atoms with E-state index in [1.807, 2.05) is 29.0 Å². The first-order valence-corrected chi connectivity index (χ1v) is 8.87. The Bertz CT molecular complexity index is 656. The van der Waals surface area contributed by atoms with Crippen LogP contribution in [0.25, 0.3) is 0 Å². The molecule has 0 atom stereocenters. The predicted molar refractivity (Wildman–Crippen MR) is 99.7 cm³/mol. The molecule has 0 aromatic carbocycles. The molecule has 0 spiro atoms. The molecule has 25 heavy (non-hydrogen) atoms. The lowest BCUT2D eigenvalue weighted by atomic mass is 10.2. The average molecular weight is 341 g/mol. The Hall–Kier alpha value is -2.50. The van der Waals surface area contributed by atoms with Crippen molar-refractivity contribution >= 4 is 11.7 Å². The topological polar surface area (TPSA) is 62.2 Å². The minimum absolute atomic E-state index is 0.0186. The van der Waals surface area contributed by atoms with Crippen LogP contribution in [0.3, 0.4) is 0 Å². The van der Waals surface area contributed by atoms with Crippen molar-refractivity contribution in [1.29, 1.82) is 0 Å². The Morgan fingerprint density at radius 1 is 1.04 bits per heavy atom. The lowest BCUT2D eigenvalue weighted by molar-refractivity contribution is 0.0749. The van der Waals surface area contributed by atoms with Crippen LogP contribution in [0.5, 0.6) is 0 Å². The molecule has 6 heteroatoms. The van der Waals surface area contributed by atoms with Gasteiger partial charge in [-0.3, -0.25) is 9.78 Å². The Kier molecular flexibility index (Phi) is 7.32. The molecule has 2 aromatic heterocycles. The Labute approximate surface area is 149 Å². The van der Waals surface area contributed by atoms with Gasteiger partial charge < -0.3 is 9.80 Å². The number of nitrogens with zero attached hydrogens (tertiary/aromatic N) is 5. The number of likely N-dealkylation sites (N-methyl/N-ethyl adjacent to an activating group) is 1. The number of carbonyl (C=O) groups excluding carboxylic acids is 1. The molecule has 0 radical (unpaired) electrons. The lowest BCUT2D eigenvalue weighted by Gasteiger charge is -2.22. The number of anilines is 1. The molecule has 2 rings (SSSR count). The largest absolute Gasteiger partial charge is 0.359 e. The van der Waals surface area contributed by atoms with Crippen molar-refractivity contribution in [3.8, 4) is 0 Å². The van der Waals surface area contributed by atoms with Crippen LogP contribution in [0, 0.1) is 0 Å². The fraction of sp³-hybridized carbons (Fsp3) is 0.474. The van der Waals surface area contributed by atoms with Crippen molar-refractivity contribution in [2.24, 2.45) is 0 Å². The summed E-state index contributed by atoms with van der Waals surface area (Å²) in [7, 11) is 1.98. The van der Waals surface area contributed by atoms with Gasteiger partial charge in [0.25, 0.3) is 5.91 Å². The van der Waals surface area contributed by atoms with Gasteiger partial charge >= 0.3 is 0 Å². The second-order valence-corrected chi connectivity index (χ2v) is 6.08. The maximum atomic E-state index is 12.7. The summed E-state index contributed by atoms with van der Waals surface area (Å²) in [6.45, 7) is 6.47. The molecule has 0 saturated carbocycles. The highest BCUT2D eigenvalue weighted by Crippen LogP contribution is 2.12. The van der Waals surface area contributed by atoms with Gasteiger partial charge in [-0.05, 0) is 37.0 Å². The third kappa shape index (κ3) is 5.52. The van der Waals surface area contributed by atoms with Crippen LogP contribution in [-0.2, 0) is 6.42 Å². The third-order valence-corrected chi connectivity index (χ3v) is 4.02. The molecule has 0 fully saturated rings. The van der Waals surface area contributed by atoms with Crippen molar-refractivity contribution in [1.82, 2.24) is 19.9 Å². The maximum absolute atomic E-state index is 12.7.